The smallest absolute Gasteiger partial charge is 0.00309 e. The molecule has 0 radical (unpaired) electrons. The van der Waals surface area contributed by atoms with Crippen molar-refractivity contribution in [3.05, 3.63) is 12.3 Å². The molecule has 0 heterocycles. The van der Waals surface area contributed by atoms with Crippen molar-refractivity contribution in [1.82, 2.24) is 5.32 Å². The largest absolute Gasteiger partial charge is 0.392 e. The molecule has 0 aliphatic carbocycles. The Labute approximate surface area is 64.0 Å². The predicted molar refractivity (Wildman–Crippen MR) is 48.0 cm³/mol. The molecule has 0 aliphatic heterocycles. The topological polar surface area (TPSA) is 12.0 Å². The maximum Gasteiger partial charge on any atom is 0.00309 e. The van der Waals surface area contributed by atoms with Gasteiger partial charge in [-0.1, -0.05) is 19.9 Å². The number of thiol groups is 1. The van der Waals surface area contributed by atoms with Crippen LogP contribution in [0.5, 0.6) is 0 Å². The van der Waals surface area contributed by atoms with E-state index in [0.29, 0.717) is 0 Å². The summed E-state index contributed by atoms with van der Waals surface area (Å²) in [6.45, 7) is 5.89. The predicted octanol–water partition coefficient (Wildman–Crippen LogP) is 2.07. The van der Waals surface area contributed by atoms with Crippen LogP contribution in [-0.4, -0.2) is 13.3 Å². The van der Waals surface area contributed by atoms with E-state index < -0.39 is 0 Å². The molecule has 0 bridgehead atoms. The lowest BCUT2D eigenvalue weighted by Crippen LogP contribution is -2.02. The highest BCUT2D eigenvalue weighted by Crippen LogP contribution is 1.93. The van der Waals surface area contributed by atoms with Crippen molar-refractivity contribution in [2.45, 2.75) is 19.8 Å². The van der Waals surface area contributed by atoms with Crippen molar-refractivity contribution in [2.75, 3.05) is 13.3 Å². The highest BCUT2D eigenvalue weighted by molar-refractivity contribution is 7.79. The summed E-state index contributed by atoms with van der Waals surface area (Å²) in [5.74, 6) is 0. The van der Waals surface area contributed by atoms with E-state index >= 15 is 0 Å². The molecule has 9 heavy (non-hydrogen) atoms. The van der Waals surface area contributed by atoms with E-state index in [2.05, 4.69) is 31.4 Å². The van der Waals surface area contributed by atoms with E-state index in [-0.39, 0.29) is 0 Å². The molecule has 1 N–H and O–H groups in total. The van der Waals surface area contributed by atoms with Gasteiger partial charge in [0.25, 0.3) is 0 Å². The van der Waals surface area contributed by atoms with Crippen LogP contribution in [0.4, 0.5) is 0 Å². The van der Waals surface area contributed by atoms with Gasteiger partial charge in [0.15, 0.2) is 0 Å². The minimum atomic E-state index is 1.09. The van der Waals surface area contributed by atoms with E-state index in [4.69, 9.17) is 0 Å². The summed E-state index contributed by atoms with van der Waals surface area (Å²) < 4.78 is 0. The van der Waals surface area contributed by atoms with Gasteiger partial charge in [-0.15, -0.1) is 0 Å². The van der Waals surface area contributed by atoms with Gasteiger partial charge in [-0.3, -0.25) is 0 Å². The third kappa shape index (κ3) is 11.4. The van der Waals surface area contributed by atoms with Gasteiger partial charge in [-0.2, -0.15) is 12.6 Å². The van der Waals surface area contributed by atoms with Crippen molar-refractivity contribution in [3.8, 4) is 0 Å². The van der Waals surface area contributed by atoms with Crippen LogP contribution in [0.15, 0.2) is 12.3 Å². The zero-order chi connectivity index (χ0) is 7.70. The molecular weight excluding hydrogens is 130 g/mol. The maximum absolute atomic E-state index is 3.75. The molecule has 0 atom stereocenters. The van der Waals surface area contributed by atoms with Crippen LogP contribution < -0.4 is 5.32 Å². The lowest BCUT2D eigenvalue weighted by Gasteiger charge is -1.98. The second-order valence-corrected chi connectivity index (χ2v) is 1.60. The van der Waals surface area contributed by atoms with Crippen molar-refractivity contribution in [1.29, 1.82) is 0 Å². The van der Waals surface area contributed by atoms with E-state index in [0.717, 1.165) is 12.1 Å². The molecule has 0 saturated carbocycles. The minimum Gasteiger partial charge on any atom is -0.392 e. The van der Waals surface area contributed by atoms with Gasteiger partial charge >= 0.3 is 0 Å². The van der Waals surface area contributed by atoms with Gasteiger partial charge in [0, 0.05) is 12.7 Å². The Bertz CT molecular complexity index is 61.9. The molecule has 0 amide bonds. The van der Waals surface area contributed by atoms with E-state index in [1.54, 1.807) is 6.26 Å². The molecule has 2 heteroatoms. The average molecular weight is 147 g/mol. The van der Waals surface area contributed by atoms with Crippen LogP contribution in [0, 0.1) is 0 Å². The Hall–Kier alpha value is -0.110. The Balaban J connectivity index is 0. The molecule has 1 nitrogen and oxygen atoms in total. The summed E-state index contributed by atoms with van der Waals surface area (Å²) in [6, 6.07) is 0. The van der Waals surface area contributed by atoms with Gasteiger partial charge in [-0.25, -0.2) is 0 Å². The molecule has 0 spiro atoms. The monoisotopic (exact) mass is 147 g/mol. The van der Waals surface area contributed by atoms with Crippen LogP contribution in [0.2, 0.25) is 0 Å². The lowest BCUT2D eigenvalue weighted by atomic mass is 10.3. The summed E-state index contributed by atoms with van der Waals surface area (Å²) in [4.78, 5) is 0. The molecule has 0 unspecified atom stereocenters. The normalized spacial score (nSPS) is 7.11. The van der Waals surface area contributed by atoms with Crippen LogP contribution in [0.1, 0.15) is 19.8 Å². The number of allylic oxidation sites excluding steroid dienone is 1. The number of rotatable bonds is 3. The van der Waals surface area contributed by atoms with E-state index in [1.807, 2.05) is 7.05 Å². The maximum atomic E-state index is 3.75. The number of hydrogen-bond acceptors (Lipinski definition) is 2. The lowest BCUT2D eigenvalue weighted by molar-refractivity contribution is 0.821. The number of hydrogen-bond donors (Lipinski definition) is 2. The second-order valence-electron chi connectivity index (χ2n) is 1.60. The standard InChI is InChI=1S/C6H13N.CH4S/c1-4-5-6(2)7-3;1-2/h7H,2,4-5H2,1,3H3;2H,1H3. The molecule has 0 fully saturated rings. The first kappa shape index (κ1) is 11.7. The third-order valence-electron chi connectivity index (χ3n) is 0.905. The van der Waals surface area contributed by atoms with E-state index in [9.17, 15) is 0 Å². The molecule has 0 saturated heterocycles. The van der Waals surface area contributed by atoms with Crippen LogP contribution in [0.25, 0.3) is 0 Å². The molecule has 0 aliphatic rings. The summed E-state index contributed by atoms with van der Waals surface area (Å²) in [5.41, 5.74) is 1.13. The fraction of sp³-hybridized carbons (Fsp3) is 0.714. The van der Waals surface area contributed by atoms with E-state index in [1.165, 1.54) is 6.42 Å². The first-order valence-corrected chi connectivity index (χ1v) is 4.01. The fourth-order valence-corrected chi connectivity index (χ4v) is 0.427. The molecule has 0 aromatic heterocycles. The Morgan fingerprint density at radius 3 is 2.11 bits per heavy atom. The Kier molecular flexibility index (Phi) is 14.0. The van der Waals surface area contributed by atoms with Crippen molar-refractivity contribution >= 4 is 12.6 Å². The third-order valence-corrected chi connectivity index (χ3v) is 0.905. The van der Waals surface area contributed by atoms with Crippen molar-refractivity contribution in [3.63, 3.8) is 0 Å². The molecule has 0 aromatic carbocycles. The van der Waals surface area contributed by atoms with Crippen LogP contribution in [-0.2, 0) is 0 Å². The number of nitrogens with one attached hydrogen (secondary N) is 1. The fourth-order valence-electron chi connectivity index (χ4n) is 0.427. The quantitative estimate of drug-likeness (QED) is 0.582. The van der Waals surface area contributed by atoms with Gasteiger partial charge in [0.2, 0.25) is 0 Å². The second kappa shape index (κ2) is 10.8. The van der Waals surface area contributed by atoms with Gasteiger partial charge in [0.05, 0.1) is 0 Å². The summed E-state index contributed by atoms with van der Waals surface area (Å²) in [6.07, 6.45) is 3.97. The highest BCUT2D eigenvalue weighted by Gasteiger charge is 1.81. The van der Waals surface area contributed by atoms with Crippen LogP contribution in [0.3, 0.4) is 0 Å². The van der Waals surface area contributed by atoms with Gasteiger partial charge in [-0.05, 0) is 12.7 Å². The first-order chi connectivity index (χ1) is 4.31. The summed E-state index contributed by atoms with van der Waals surface area (Å²) >= 11 is 3.53. The van der Waals surface area contributed by atoms with Crippen molar-refractivity contribution in [2.24, 2.45) is 0 Å². The Morgan fingerprint density at radius 1 is 1.56 bits per heavy atom. The highest BCUT2D eigenvalue weighted by atomic mass is 32.1. The molecule has 56 valence electrons. The minimum absolute atomic E-state index is 1.09. The average Bonchev–Trinajstić information content (AvgIpc) is 1.93. The van der Waals surface area contributed by atoms with Gasteiger partial charge < -0.3 is 5.32 Å². The van der Waals surface area contributed by atoms with Gasteiger partial charge in [0.1, 0.15) is 0 Å². The first-order valence-electron chi connectivity index (χ1n) is 3.11. The van der Waals surface area contributed by atoms with Crippen molar-refractivity contribution < 1.29 is 0 Å². The molecule has 0 rings (SSSR count). The summed E-state index contributed by atoms with van der Waals surface area (Å²) in [7, 11) is 1.90. The Morgan fingerprint density at radius 2 is 2.00 bits per heavy atom. The SMILES string of the molecule is C=C(CCC)NC.CS. The zero-order valence-corrected chi connectivity index (χ0v) is 7.46. The molecular formula is C7H17NS. The summed E-state index contributed by atoms with van der Waals surface area (Å²) in [5, 5.41) is 2.97. The molecule has 0 aromatic rings. The zero-order valence-electron chi connectivity index (χ0n) is 6.57. The van der Waals surface area contributed by atoms with Crippen LogP contribution >= 0.6 is 12.6 Å².